The van der Waals surface area contributed by atoms with Crippen molar-refractivity contribution in [3.05, 3.63) is 65.2 Å². The molecule has 0 radical (unpaired) electrons. The molecule has 4 nitrogen and oxygen atoms in total. The molecule has 4 heteroatoms. The molecule has 1 heterocycles. The number of hydrogen-bond donors (Lipinski definition) is 0. The summed E-state index contributed by atoms with van der Waals surface area (Å²) in [6.45, 7) is 11.6. The minimum atomic E-state index is 0.116. The molecule has 1 saturated heterocycles. The molecule has 1 aliphatic heterocycles. The van der Waals surface area contributed by atoms with Crippen molar-refractivity contribution in [3.63, 3.8) is 0 Å². The van der Waals surface area contributed by atoms with Gasteiger partial charge in [-0.05, 0) is 31.0 Å². The third-order valence-electron chi connectivity index (χ3n) is 5.60. The fraction of sp³-hybridized carbons (Fsp3) is 0.458. The summed E-state index contributed by atoms with van der Waals surface area (Å²) < 4.78 is 6.02. The van der Waals surface area contributed by atoms with Crippen molar-refractivity contribution in [2.75, 3.05) is 44.2 Å². The largest absolute Gasteiger partial charge is 0.372 e. The molecule has 0 aliphatic carbocycles. The monoisotopic (exact) mass is 380 g/mol. The van der Waals surface area contributed by atoms with Gasteiger partial charge in [0.1, 0.15) is 0 Å². The van der Waals surface area contributed by atoms with E-state index in [4.69, 9.17) is 4.74 Å². The number of piperazine rings is 1. The number of benzene rings is 2. The highest BCUT2D eigenvalue weighted by molar-refractivity contribution is 5.98. The van der Waals surface area contributed by atoms with Crippen molar-refractivity contribution in [2.45, 2.75) is 33.3 Å². The van der Waals surface area contributed by atoms with Crippen molar-refractivity contribution in [2.24, 2.45) is 0 Å². The zero-order chi connectivity index (χ0) is 19.9. The van der Waals surface area contributed by atoms with E-state index in [0.717, 1.165) is 50.5 Å². The molecule has 1 fully saturated rings. The maximum Gasteiger partial charge on any atom is 0.162 e. The Balaban J connectivity index is 1.64. The van der Waals surface area contributed by atoms with E-state index in [1.807, 2.05) is 25.1 Å². The molecule has 3 rings (SSSR count). The fourth-order valence-electron chi connectivity index (χ4n) is 3.99. The van der Waals surface area contributed by atoms with Gasteiger partial charge in [0.2, 0.25) is 0 Å². The Labute approximate surface area is 169 Å². The first-order chi connectivity index (χ1) is 13.6. The molecule has 0 saturated carbocycles. The van der Waals surface area contributed by atoms with Crippen molar-refractivity contribution in [1.29, 1.82) is 0 Å². The molecule has 150 valence electrons. The Morgan fingerprint density at radius 2 is 1.71 bits per heavy atom. The molecular formula is C24H32N2O2. The van der Waals surface area contributed by atoms with Crippen LogP contribution in [0.5, 0.6) is 0 Å². The highest BCUT2D eigenvalue weighted by Crippen LogP contribution is 2.26. The average Bonchev–Trinajstić information content (AvgIpc) is 2.74. The van der Waals surface area contributed by atoms with Gasteiger partial charge in [-0.1, -0.05) is 49.4 Å². The van der Waals surface area contributed by atoms with Crippen LogP contribution in [-0.4, -0.2) is 50.0 Å². The lowest BCUT2D eigenvalue weighted by Gasteiger charge is -2.38. The molecule has 0 aromatic heterocycles. The van der Waals surface area contributed by atoms with Crippen LogP contribution >= 0.6 is 0 Å². The number of rotatable bonds is 8. The van der Waals surface area contributed by atoms with Crippen molar-refractivity contribution < 1.29 is 9.53 Å². The maximum atomic E-state index is 12.2. The number of carbonyl (C=O) groups is 1. The van der Waals surface area contributed by atoms with Gasteiger partial charge in [-0.2, -0.15) is 0 Å². The lowest BCUT2D eigenvalue weighted by Crippen LogP contribution is -2.48. The molecule has 2 aromatic carbocycles. The Kier molecular flexibility index (Phi) is 7.24. The number of carbonyl (C=O) groups excluding carboxylic acids is 1. The summed E-state index contributed by atoms with van der Waals surface area (Å²) in [5.74, 6) is 0.223. The minimum absolute atomic E-state index is 0.116. The molecule has 28 heavy (non-hydrogen) atoms. The lowest BCUT2D eigenvalue weighted by atomic mass is 10.0. The van der Waals surface area contributed by atoms with Crippen LogP contribution in [0.1, 0.15) is 47.9 Å². The lowest BCUT2D eigenvalue weighted by molar-refractivity contribution is 0.0311. The standard InChI is InChI=1S/C24H32N2O2/c1-4-23(27)21-12-9-13-22(19(21)3)26-16-14-25(15-17-26)18-24(28-5-2)20-10-7-6-8-11-20/h6-13,24H,4-5,14-18H2,1-3H3. The van der Waals surface area contributed by atoms with Crippen molar-refractivity contribution in [1.82, 2.24) is 4.90 Å². The highest BCUT2D eigenvalue weighted by atomic mass is 16.5. The average molecular weight is 381 g/mol. The molecule has 1 atom stereocenters. The molecule has 0 N–H and O–H groups in total. The first-order valence-corrected chi connectivity index (χ1v) is 10.4. The van der Waals surface area contributed by atoms with Crippen LogP contribution in [-0.2, 0) is 4.74 Å². The third-order valence-corrected chi connectivity index (χ3v) is 5.60. The van der Waals surface area contributed by atoms with E-state index in [1.165, 1.54) is 11.3 Å². The molecular weight excluding hydrogens is 348 g/mol. The zero-order valence-electron chi connectivity index (χ0n) is 17.4. The summed E-state index contributed by atoms with van der Waals surface area (Å²) in [5.41, 5.74) is 4.42. The van der Waals surface area contributed by atoms with Crippen LogP contribution in [0.3, 0.4) is 0 Å². The number of hydrogen-bond acceptors (Lipinski definition) is 4. The topological polar surface area (TPSA) is 32.8 Å². The highest BCUT2D eigenvalue weighted by Gasteiger charge is 2.23. The third kappa shape index (κ3) is 4.81. The maximum absolute atomic E-state index is 12.2. The molecule has 0 spiro atoms. The SMILES string of the molecule is CCOC(CN1CCN(c2cccc(C(=O)CC)c2C)CC1)c1ccccc1. The van der Waals surface area contributed by atoms with Gasteiger partial charge in [0, 0.05) is 57.0 Å². The number of ketones is 1. The van der Waals surface area contributed by atoms with E-state index < -0.39 is 0 Å². The van der Waals surface area contributed by atoms with Gasteiger partial charge < -0.3 is 9.64 Å². The zero-order valence-corrected chi connectivity index (χ0v) is 17.4. The van der Waals surface area contributed by atoms with Gasteiger partial charge in [0.25, 0.3) is 0 Å². The first kappa shape index (κ1) is 20.6. The van der Waals surface area contributed by atoms with Crippen LogP contribution in [0.15, 0.2) is 48.5 Å². The molecule has 1 unspecified atom stereocenters. The smallest absolute Gasteiger partial charge is 0.162 e. The summed E-state index contributed by atoms with van der Waals surface area (Å²) in [5, 5.41) is 0. The fourth-order valence-corrected chi connectivity index (χ4v) is 3.99. The van der Waals surface area contributed by atoms with Crippen molar-refractivity contribution in [3.8, 4) is 0 Å². The first-order valence-electron chi connectivity index (χ1n) is 10.4. The number of ether oxygens (including phenoxy) is 1. The molecule has 1 aliphatic rings. The van der Waals surface area contributed by atoms with E-state index in [1.54, 1.807) is 0 Å². The van der Waals surface area contributed by atoms with Crippen LogP contribution in [0.4, 0.5) is 5.69 Å². The van der Waals surface area contributed by atoms with Crippen LogP contribution in [0.25, 0.3) is 0 Å². The van der Waals surface area contributed by atoms with Gasteiger partial charge in [-0.25, -0.2) is 0 Å². The predicted molar refractivity (Wildman–Crippen MR) is 115 cm³/mol. The van der Waals surface area contributed by atoms with Crippen LogP contribution < -0.4 is 4.90 Å². The second kappa shape index (κ2) is 9.85. The molecule has 0 bridgehead atoms. The summed E-state index contributed by atoms with van der Waals surface area (Å²) in [6, 6.07) is 16.6. The normalized spacial score (nSPS) is 16.2. The van der Waals surface area contributed by atoms with Gasteiger partial charge in [0.15, 0.2) is 5.78 Å². The summed E-state index contributed by atoms with van der Waals surface area (Å²) >= 11 is 0. The number of nitrogens with zero attached hydrogens (tertiary/aromatic N) is 2. The van der Waals surface area contributed by atoms with E-state index >= 15 is 0 Å². The predicted octanol–water partition coefficient (Wildman–Crippen LogP) is 4.49. The van der Waals surface area contributed by atoms with E-state index in [-0.39, 0.29) is 11.9 Å². The summed E-state index contributed by atoms with van der Waals surface area (Å²) in [6.07, 6.45) is 0.668. The summed E-state index contributed by atoms with van der Waals surface area (Å²) in [7, 11) is 0. The number of Topliss-reactive ketones (excluding diaryl/α,β-unsaturated/α-hetero) is 1. The Morgan fingerprint density at radius 1 is 1.00 bits per heavy atom. The van der Waals surface area contributed by atoms with Gasteiger partial charge in [-0.3, -0.25) is 9.69 Å². The Morgan fingerprint density at radius 3 is 2.36 bits per heavy atom. The Bertz CT molecular complexity index is 767. The van der Waals surface area contributed by atoms with Crippen LogP contribution in [0, 0.1) is 6.92 Å². The molecule has 2 aromatic rings. The van der Waals surface area contributed by atoms with Gasteiger partial charge in [-0.15, -0.1) is 0 Å². The van der Waals surface area contributed by atoms with Crippen LogP contribution in [0.2, 0.25) is 0 Å². The Hall–Kier alpha value is -2.17. The molecule has 0 amide bonds. The minimum Gasteiger partial charge on any atom is -0.372 e. The van der Waals surface area contributed by atoms with E-state index in [2.05, 4.69) is 54.0 Å². The quantitative estimate of drug-likeness (QED) is 0.632. The second-order valence-corrected chi connectivity index (χ2v) is 7.37. The van der Waals surface area contributed by atoms with Gasteiger partial charge >= 0.3 is 0 Å². The second-order valence-electron chi connectivity index (χ2n) is 7.37. The van der Waals surface area contributed by atoms with Crippen molar-refractivity contribution >= 4 is 11.5 Å². The summed E-state index contributed by atoms with van der Waals surface area (Å²) in [4.78, 5) is 17.1. The number of anilines is 1. The van der Waals surface area contributed by atoms with E-state index in [0.29, 0.717) is 6.42 Å². The van der Waals surface area contributed by atoms with Gasteiger partial charge in [0.05, 0.1) is 6.10 Å². The van der Waals surface area contributed by atoms with E-state index in [9.17, 15) is 4.79 Å².